The van der Waals surface area contributed by atoms with Gasteiger partial charge in [0.25, 0.3) is 0 Å². The summed E-state index contributed by atoms with van der Waals surface area (Å²) in [5.41, 5.74) is 10.2. The molecule has 2 heterocycles. The lowest BCUT2D eigenvalue weighted by atomic mass is 10.1. The molecule has 3 rings (SSSR count). The van der Waals surface area contributed by atoms with Crippen molar-refractivity contribution in [3.8, 4) is 11.3 Å². The maximum absolute atomic E-state index is 5.84. The van der Waals surface area contributed by atoms with Crippen LogP contribution >= 0.6 is 0 Å². The third-order valence-electron chi connectivity index (χ3n) is 4.51. The molecule has 0 radical (unpaired) electrons. The monoisotopic (exact) mass is 311 g/mol. The van der Waals surface area contributed by atoms with E-state index in [-0.39, 0.29) is 0 Å². The molecule has 0 aliphatic heterocycles. The van der Waals surface area contributed by atoms with Gasteiger partial charge >= 0.3 is 0 Å². The van der Waals surface area contributed by atoms with Crippen molar-refractivity contribution in [2.45, 2.75) is 53.0 Å². The lowest BCUT2D eigenvalue weighted by Gasteiger charge is -2.08. The molecular weight excluding hydrogens is 286 g/mol. The number of unbranched alkanes of at least 4 members (excludes halogenated alkanes) is 3. The molecule has 0 atom stereocenters. The largest absolute Gasteiger partial charge is 0.382 e. The predicted octanol–water partition coefficient (Wildman–Crippen LogP) is 4.21. The van der Waals surface area contributed by atoms with Crippen molar-refractivity contribution in [3.63, 3.8) is 0 Å². The number of nitrogens with zero attached hydrogens (tertiary/aromatic N) is 3. The van der Waals surface area contributed by atoms with Crippen LogP contribution in [0.3, 0.4) is 0 Å². The molecule has 0 aliphatic carbocycles. The molecule has 0 fully saturated rings. The summed E-state index contributed by atoms with van der Waals surface area (Å²) < 4.78 is 2.33. The van der Waals surface area contributed by atoms with Crippen LogP contribution in [0.2, 0.25) is 0 Å². The predicted molar refractivity (Wildman–Crippen MR) is 95.3 cm³/mol. The Morgan fingerprint density at radius 3 is 2.78 bits per heavy atom. The van der Waals surface area contributed by atoms with E-state index in [2.05, 4.69) is 47.7 Å². The standard InChI is InChI=1S/C18H25N5/c1-4-5-6-7-10-23-12(2)17(20-13(23)3)14-8-9-15-16(11-14)21-22-18(15)19/h8-9,11H,4-7,10H2,1-3H3,(H3,19,21,22). The summed E-state index contributed by atoms with van der Waals surface area (Å²) in [6.07, 6.45) is 5.06. The molecule has 0 saturated carbocycles. The van der Waals surface area contributed by atoms with Gasteiger partial charge in [-0.3, -0.25) is 5.10 Å². The highest BCUT2D eigenvalue weighted by atomic mass is 15.1. The van der Waals surface area contributed by atoms with Gasteiger partial charge in [-0.15, -0.1) is 0 Å². The van der Waals surface area contributed by atoms with Gasteiger partial charge in [0.2, 0.25) is 0 Å². The number of anilines is 1. The summed E-state index contributed by atoms with van der Waals surface area (Å²) in [6, 6.07) is 6.16. The molecule has 5 nitrogen and oxygen atoms in total. The Morgan fingerprint density at radius 1 is 1.17 bits per heavy atom. The summed E-state index contributed by atoms with van der Waals surface area (Å²) in [4.78, 5) is 4.79. The third kappa shape index (κ3) is 2.96. The van der Waals surface area contributed by atoms with Gasteiger partial charge < -0.3 is 10.3 Å². The van der Waals surface area contributed by atoms with Crippen LogP contribution in [-0.4, -0.2) is 19.7 Å². The fourth-order valence-electron chi connectivity index (χ4n) is 3.16. The average molecular weight is 311 g/mol. The van der Waals surface area contributed by atoms with E-state index in [1.807, 2.05) is 6.07 Å². The molecule has 0 unspecified atom stereocenters. The normalized spacial score (nSPS) is 11.4. The van der Waals surface area contributed by atoms with Crippen molar-refractivity contribution in [1.29, 1.82) is 0 Å². The molecule has 1 aromatic carbocycles. The van der Waals surface area contributed by atoms with Gasteiger partial charge in [-0.25, -0.2) is 4.98 Å². The Hall–Kier alpha value is -2.30. The van der Waals surface area contributed by atoms with E-state index in [9.17, 15) is 0 Å². The Bertz CT molecular complexity index is 812. The third-order valence-corrected chi connectivity index (χ3v) is 4.51. The van der Waals surface area contributed by atoms with Crippen molar-refractivity contribution in [1.82, 2.24) is 19.7 Å². The summed E-state index contributed by atoms with van der Waals surface area (Å²) in [5.74, 6) is 1.62. The average Bonchev–Trinajstić information content (AvgIpc) is 3.05. The summed E-state index contributed by atoms with van der Waals surface area (Å²) in [7, 11) is 0. The van der Waals surface area contributed by atoms with Gasteiger partial charge in [-0.2, -0.15) is 5.10 Å². The van der Waals surface area contributed by atoms with Gasteiger partial charge in [0.1, 0.15) is 5.82 Å². The number of hydrogen-bond donors (Lipinski definition) is 2. The summed E-state index contributed by atoms with van der Waals surface area (Å²) in [6.45, 7) is 7.53. The molecule has 5 heteroatoms. The molecule has 0 amide bonds. The number of benzene rings is 1. The molecule has 122 valence electrons. The van der Waals surface area contributed by atoms with Gasteiger partial charge in [0.15, 0.2) is 5.82 Å². The number of nitrogens with one attached hydrogen (secondary N) is 1. The number of aromatic nitrogens is 4. The molecular formula is C18H25N5. The zero-order valence-corrected chi connectivity index (χ0v) is 14.2. The number of fused-ring (bicyclic) bond motifs is 1. The van der Waals surface area contributed by atoms with E-state index in [0.29, 0.717) is 5.82 Å². The van der Waals surface area contributed by atoms with Gasteiger partial charge in [-0.1, -0.05) is 32.3 Å². The molecule has 3 N–H and O–H groups in total. The number of hydrogen-bond acceptors (Lipinski definition) is 3. The number of aryl methyl sites for hydroxylation is 1. The summed E-state index contributed by atoms with van der Waals surface area (Å²) in [5, 5.41) is 8.00. The van der Waals surface area contributed by atoms with Crippen molar-refractivity contribution in [2.24, 2.45) is 0 Å². The first-order chi connectivity index (χ1) is 11.1. The molecule has 0 spiro atoms. The number of aromatic amines is 1. The van der Waals surface area contributed by atoms with Crippen LogP contribution in [0.25, 0.3) is 22.2 Å². The minimum Gasteiger partial charge on any atom is -0.382 e. The number of nitrogen functional groups attached to an aromatic ring is 1. The number of H-pyrrole nitrogens is 1. The fraction of sp³-hybridized carbons (Fsp3) is 0.444. The van der Waals surface area contributed by atoms with Gasteiger partial charge in [0.05, 0.1) is 11.2 Å². The second kappa shape index (κ2) is 6.44. The number of rotatable bonds is 6. The quantitative estimate of drug-likeness (QED) is 0.670. The van der Waals surface area contributed by atoms with Crippen LogP contribution < -0.4 is 5.73 Å². The van der Waals surface area contributed by atoms with E-state index < -0.39 is 0 Å². The van der Waals surface area contributed by atoms with Crippen LogP contribution in [0.5, 0.6) is 0 Å². The van der Waals surface area contributed by atoms with E-state index in [1.165, 1.54) is 31.4 Å². The molecule has 23 heavy (non-hydrogen) atoms. The lowest BCUT2D eigenvalue weighted by Crippen LogP contribution is -2.02. The number of imidazole rings is 1. The van der Waals surface area contributed by atoms with Crippen LogP contribution in [0.1, 0.15) is 44.1 Å². The maximum atomic E-state index is 5.84. The Morgan fingerprint density at radius 2 is 2.00 bits per heavy atom. The van der Waals surface area contributed by atoms with Gasteiger partial charge in [0, 0.05) is 23.2 Å². The van der Waals surface area contributed by atoms with E-state index >= 15 is 0 Å². The first-order valence-corrected chi connectivity index (χ1v) is 8.39. The molecule has 3 aromatic rings. The molecule has 2 aromatic heterocycles. The summed E-state index contributed by atoms with van der Waals surface area (Å²) >= 11 is 0. The zero-order valence-electron chi connectivity index (χ0n) is 14.2. The molecule has 0 bridgehead atoms. The highest BCUT2D eigenvalue weighted by Gasteiger charge is 2.13. The Balaban J connectivity index is 1.89. The number of nitrogens with two attached hydrogens (primary N) is 1. The van der Waals surface area contributed by atoms with Gasteiger partial charge in [-0.05, 0) is 32.4 Å². The van der Waals surface area contributed by atoms with Crippen LogP contribution in [0.4, 0.5) is 5.82 Å². The Labute approximate surface area is 136 Å². The molecule has 0 aliphatic rings. The zero-order chi connectivity index (χ0) is 16.4. The fourth-order valence-corrected chi connectivity index (χ4v) is 3.16. The minimum atomic E-state index is 0.543. The van der Waals surface area contributed by atoms with E-state index in [1.54, 1.807) is 0 Å². The van der Waals surface area contributed by atoms with Crippen molar-refractivity contribution >= 4 is 16.7 Å². The first-order valence-electron chi connectivity index (χ1n) is 8.39. The van der Waals surface area contributed by atoms with Crippen molar-refractivity contribution < 1.29 is 0 Å². The molecule has 0 saturated heterocycles. The second-order valence-corrected chi connectivity index (χ2v) is 6.17. The van der Waals surface area contributed by atoms with Crippen LogP contribution in [-0.2, 0) is 6.54 Å². The van der Waals surface area contributed by atoms with E-state index in [0.717, 1.165) is 34.5 Å². The van der Waals surface area contributed by atoms with Crippen LogP contribution in [0.15, 0.2) is 18.2 Å². The van der Waals surface area contributed by atoms with Crippen LogP contribution in [0, 0.1) is 13.8 Å². The maximum Gasteiger partial charge on any atom is 0.153 e. The first kappa shape index (κ1) is 15.6. The topological polar surface area (TPSA) is 72.5 Å². The van der Waals surface area contributed by atoms with Crippen molar-refractivity contribution in [3.05, 3.63) is 29.7 Å². The Kier molecular flexibility index (Phi) is 4.37. The smallest absolute Gasteiger partial charge is 0.153 e. The lowest BCUT2D eigenvalue weighted by molar-refractivity contribution is 0.565. The second-order valence-electron chi connectivity index (χ2n) is 6.17. The van der Waals surface area contributed by atoms with Crippen molar-refractivity contribution in [2.75, 3.05) is 5.73 Å². The highest BCUT2D eigenvalue weighted by Crippen LogP contribution is 2.28. The van der Waals surface area contributed by atoms with E-state index in [4.69, 9.17) is 10.7 Å². The SMILES string of the molecule is CCCCCCn1c(C)nc(-c2ccc3c(N)n[nH]c3c2)c1C. The highest BCUT2D eigenvalue weighted by molar-refractivity contribution is 5.91. The minimum absolute atomic E-state index is 0.543.